The van der Waals surface area contributed by atoms with Gasteiger partial charge in [0.1, 0.15) is 0 Å². The highest BCUT2D eigenvalue weighted by Crippen LogP contribution is 2.12. The molecular formula is C21H36O3. The molecule has 0 unspecified atom stereocenters. The van der Waals surface area contributed by atoms with Gasteiger partial charge >= 0.3 is 5.97 Å². The molecule has 0 aromatic heterocycles. The fourth-order valence-electron chi connectivity index (χ4n) is 2.62. The van der Waals surface area contributed by atoms with E-state index in [9.17, 15) is 9.59 Å². The third kappa shape index (κ3) is 15.5. The van der Waals surface area contributed by atoms with Gasteiger partial charge in [-0.15, -0.1) is 0 Å². The van der Waals surface area contributed by atoms with Crippen molar-refractivity contribution in [2.24, 2.45) is 0 Å². The molecule has 0 aliphatic carbocycles. The minimum Gasteiger partial charge on any atom is -0.481 e. The van der Waals surface area contributed by atoms with Gasteiger partial charge in [0.25, 0.3) is 0 Å². The van der Waals surface area contributed by atoms with E-state index in [1.54, 1.807) is 6.92 Å². The third-order valence-electron chi connectivity index (χ3n) is 4.17. The number of carboxylic acids is 1. The lowest BCUT2D eigenvalue weighted by molar-refractivity contribution is -0.137. The van der Waals surface area contributed by atoms with Crippen molar-refractivity contribution in [3.63, 3.8) is 0 Å². The summed E-state index contributed by atoms with van der Waals surface area (Å²) in [4.78, 5) is 22.0. The van der Waals surface area contributed by atoms with E-state index >= 15 is 0 Å². The first-order valence-electron chi connectivity index (χ1n) is 9.64. The van der Waals surface area contributed by atoms with Gasteiger partial charge in [-0.05, 0) is 51.0 Å². The van der Waals surface area contributed by atoms with Gasteiger partial charge in [0.2, 0.25) is 0 Å². The van der Waals surface area contributed by atoms with Crippen LogP contribution in [0.15, 0.2) is 23.8 Å². The number of carbonyl (C=O) groups is 2. The molecule has 0 rings (SSSR count). The van der Waals surface area contributed by atoms with Gasteiger partial charge in [-0.1, -0.05) is 63.7 Å². The number of aliphatic carboxylic acids is 1. The van der Waals surface area contributed by atoms with Crippen LogP contribution in [-0.2, 0) is 9.59 Å². The number of Topliss-reactive ketones (excluding diaryl/α,β-unsaturated/α-hetero) is 1. The summed E-state index contributed by atoms with van der Waals surface area (Å²) in [6.07, 6.45) is 19.6. The molecule has 0 aliphatic rings. The van der Waals surface area contributed by atoms with E-state index in [1.165, 1.54) is 19.3 Å². The Kier molecular flexibility index (Phi) is 15.5. The molecule has 0 spiro atoms. The Labute approximate surface area is 148 Å². The highest BCUT2D eigenvalue weighted by molar-refractivity contribution is 5.93. The first-order chi connectivity index (χ1) is 11.6. The molecule has 0 heterocycles. The highest BCUT2D eigenvalue weighted by Gasteiger charge is 2.01. The topological polar surface area (TPSA) is 54.4 Å². The lowest BCUT2D eigenvalue weighted by atomic mass is 10.0. The summed E-state index contributed by atoms with van der Waals surface area (Å²) in [7, 11) is 0. The summed E-state index contributed by atoms with van der Waals surface area (Å²) < 4.78 is 0. The van der Waals surface area contributed by atoms with Crippen molar-refractivity contribution in [1.82, 2.24) is 0 Å². The lowest BCUT2D eigenvalue weighted by Crippen LogP contribution is -1.95. The normalized spacial score (nSPS) is 12.0. The molecule has 3 heteroatoms. The molecule has 0 amide bonds. The van der Waals surface area contributed by atoms with E-state index < -0.39 is 5.97 Å². The van der Waals surface area contributed by atoms with E-state index in [4.69, 9.17) is 5.11 Å². The number of unbranched alkanes of at least 4 members (excludes halogenated alkanes) is 9. The molecule has 1 N–H and O–H groups in total. The fraction of sp³-hybridized carbons (Fsp3) is 0.714. The van der Waals surface area contributed by atoms with Gasteiger partial charge in [-0.2, -0.15) is 0 Å². The Morgan fingerprint density at radius 2 is 1.46 bits per heavy atom. The zero-order valence-corrected chi connectivity index (χ0v) is 15.7. The molecule has 0 bridgehead atoms. The maximum atomic E-state index is 11.7. The Morgan fingerprint density at radius 3 is 2.08 bits per heavy atom. The zero-order chi connectivity index (χ0) is 18.0. The molecular weight excluding hydrogens is 300 g/mol. The highest BCUT2D eigenvalue weighted by atomic mass is 16.4. The Morgan fingerprint density at radius 1 is 0.833 bits per heavy atom. The second kappa shape index (κ2) is 16.5. The van der Waals surface area contributed by atoms with Crippen LogP contribution in [0, 0.1) is 0 Å². The lowest BCUT2D eigenvalue weighted by Gasteiger charge is -2.02. The summed E-state index contributed by atoms with van der Waals surface area (Å²) in [5.41, 5.74) is 0.934. The standard InChI is InChI=1S/C21H36O3/c1-3-4-5-6-10-13-16-20(19(2)22)17-14-11-8-7-9-12-15-18-21(23)24/h10,13,17H,3-9,11-12,14-16,18H2,1-2H3,(H,23,24)/b13-10+,20-17+. The molecule has 0 fully saturated rings. The number of allylic oxidation sites excluding steroid dienone is 4. The number of hydrogen-bond donors (Lipinski definition) is 1. The van der Waals surface area contributed by atoms with E-state index in [0.29, 0.717) is 0 Å². The quantitative estimate of drug-likeness (QED) is 0.206. The van der Waals surface area contributed by atoms with Gasteiger partial charge in [0.15, 0.2) is 5.78 Å². The minimum atomic E-state index is -0.698. The average molecular weight is 337 g/mol. The van der Waals surface area contributed by atoms with Gasteiger partial charge in [0, 0.05) is 6.42 Å². The molecule has 0 saturated carbocycles. The van der Waals surface area contributed by atoms with Crippen molar-refractivity contribution in [2.45, 2.75) is 97.3 Å². The summed E-state index contributed by atoms with van der Waals surface area (Å²) in [5, 5.41) is 8.56. The van der Waals surface area contributed by atoms with Gasteiger partial charge < -0.3 is 5.11 Å². The van der Waals surface area contributed by atoms with Crippen LogP contribution >= 0.6 is 0 Å². The molecule has 0 aliphatic heterocycles. The third-order valence-corrected chi connectivity index (χ3v) is 4.17. The van der Waals surface area contributed by atoms with Crippen molar-refractivity contribution in [2.75, 3.05) is 0 Å². The number of rotatable bonds is 16. The summed E-state index contributed by atoms with van der Waals surface area (Å²) in [6, 6.07) is 0. The Hall–Kier alpha value is -1.38. The Balaban J connectivity index is 3.77. The molecule has 0 aromatic carbocycles. The number of hydrogen-bond acceptors (Lipinski definition) is 2. The number of ketones is 1. The van der Waals surface area contributed by atoms with Crippen LogP contribution in [0.2, 0.25) is 0 Å². The van der Waals surface area contributed by atoms with E-state index in [1.807, 2.05) is 0 Å². The predicted octanol–water partition coefficient (Wildman–Crippen LogP) is 6.23. The van der Waals surface area contributed by atoms with Crippen molar-refractivity contribution < 1.29 is 14.7 Å². The first-order valence-corrected chi connectivity index (χ1v) is 9.64. The number of carboxylic acid groups (broad SMARTS) is 1. The van der Waals surface area contributed by atoms with Crippen LogP contribution in [0.4, 0.5) is 0 Å². The van der Waals surface area contributed by atoms with Gasteiger partial charge in [0.05, 0.1) is 0 Å². The molecule has 3 nitrogen and oxygen atoms in total. The van der Waals surface area contributed by atoms with E-state index in [-0.39, 0.29) is 12.2 Å². The molecule has 0 radical (unpaired) electrons. The predicted molar refractivity (Wildman–Crippen MR) is 101 cm³/mol. The zero-order valence-electron chi connectivity index (χ0n) is 15.7. The monoisotopic (exact) mass is 336 g/mol. The summed E-state index contributed by atoms with van der Waals surface area (Å²) in [5.74, 6) is -0.516. The summed E-state index contributed by atoms with van der Waals surface area (Å²) >= 11 is 0. The second-order valence-corrected chi connectivity index (χ2v) is 6.51. The van der Waals surface area contributed by atoms with Gasteiger partial charge in [-0.3, -0.25) is 9.59 Å². The summed E-state index contributed by atoms with van der Waals surface area (Å²) in [6.45, 7) is 3.86. The van der Waals surface area contributed by atoms with Crippen LogP contribution in [0.3, 0.4) is 0 Å². The van der Waals surface area contributed by atoms with Gasteiger partial charge in [-0.25, -0.2) is 0 Å². The number of carbonyl (C=O) groups excluding carboxylic acids is 1. The average Bonchev–Trinajstić information content (AvgIpc) is 2.53. The fourth-order valence-corrected chi connectivity index (χ4v) is 2.62. The molecule has 138 valence electrons. The molecule has 0 saturated heterocycles. The molecule has 0 aromatic rings. The molecule has 0 atom stereocenters. The first kappa shape index (κ1) is 22.6. The van der Waals surface area contributed by atoms with Crippen LogP contribution in [-0.4, -0.2) is 16.9 Å². The van der Waals surface area contributed by atoms with Crippen LogP contribution in [0.5, 0.6) is 0 Å². The van der Waals surface area contributed by atoms with Crippen molar-refractivity contribution in [3.05, 3.63) is 23.8 Å². The minimum absolute atomic E-state index is 0.182. The van der Waals surface area contributed by atoms with Crippen molar-refractivity contribution in [3.8, 4) is 0 Å². The largest absolute Gasteiger partial charge is 0.481 e. The van der Waals surface area contributed by atoms with Crippen molar-refractivity contribution in [1.29, 1.82) is 0 Å². The second-order valence-electron chi connectivity index (χ2n) is 6.51. The molecule has 24 heavy (non-hydrogen) atoms. The maximum absolute atomic E-state index is 11.7. The Bertz CT molecular complexity index is 394. The maximum Gasteiger partial charge on any atom is 0.303 e. The SMILES string of the molecule is CCCCC/C=C/C/C(=C\CCCCCCCCC(=O)O)C(C)=O. The van der Waals surface area contributed by atoms with Crippen molar-refractivity contribution >= 4 is 11.8 Å². The van der Waals surface area contributed by atoms with E-state index in [0.717, 1.165) is 63.4 Å². The van der Waals surface area contributed by atoms with Crippen LogP contribution in [0.25, 0.3) is 0 Å². The van der Waals surface area contributed by atoms with Crippen LogP contribution < -0.4 is 0 Å². The smallest absolute Gasteiger partial charge is 0.303 e. The van der Waals surface area contributed by atoms with E-state index in [2.05, 4.69) is 25.2 Å². The van der Waals surface area contributed by atoms with Crippen LogP contribution in [0.1, 0.15) is 97.3 Å².